The van der Waals surface area contributed by atoms with E-state index >= 15 is 0 Å². The van der Waals surface area contributed by atoms with Crippen LogP contribution in [-0.2, 0) is 16.1 Å². The molecule has 1 N–H and O–H groups in total. The number of aliphatic hydroxyl groups is 1. The number of nitrogens with zero attached hydrogens (tertiary/aromatic N) is 1. The van der Waals surface area contributed by atoms with Gasteiger partial charge in [-0.25, -0.2) is 0 Å². The number of thiophene rings is 1. The van der Waals surface area contributed by atoms with E-state index in [1.54, 1.807) is 25.3 Å². The van der Waals surface area contributed by atoms with E-state index in [0.717, 1.165) is 16.0 Å². The normalized spacial score (nSPS) is 17.5. The van der Waals surface area contributed by atoms with E-state index in [1.165, 1.54) is 23.3 Å². The molecule has 6 nitrogen and oxygen atoms in total. The van der Waals surface area contributed by atoms with Gasteiger partial charge in [0.1, 0.15) is 17.3 Å². The molecule has 1 aromatic heterocycles. The molecular formula is C26H25NO5S. The first-order valence-electron chi connectivity index (χ1n) is 10.5. The quantitative estimate of drug-likeness (QED) is 0.316. The fourth-order valence-electron chi connectivity index (χ4n) is 4.29. The zero-order chi connectivity index (χ0) is 23.7. The molecule has 4 rings (SSSR count). The van der Waals surface area contributed by atoms with Gasteiger partial charge in [0.2, 0.25) is 0 Å². The zero-order valence-electron chi connectivity index (χ0n) is 18.9. The molecule has 170 valence electrons. The van der Waals surface area contributed by atoms with Gasteiger partial charge in [-0.1, -0.05) is 24.3 Å². The van der Waals surface area contributed by atoms with Gasteiger partial charge in [-0.3, -0.25) is 9.59 Å². The maximum absolute atomic E-state index is 13.3. The number of aliphatic hydroxyl groups excluding tert-OH is 1. The molecule has 1 aliphatic heterocycles. The van der Waals surface area contributed by atoms with Crippen LogP contribution < -0.4 is 9.47 Å². The van der Waals surface area contributed by atoms with Gasteiger partial charge in [-0.2, -0.15) is 0 Å². The third-order valence-corrected chi connectivity index (χ3v) is 6.62. The molecule has 0 bridgehead atoms. The third kappa shape index (κ3) is 4.12. The Morgan fingerprint density at radius 3 is 2.39 bits per heavy atom. The number of ether oxygens (including phenoxy) is 2. The number of amides is 1. The van der Waals surface area contributed by atoms with Gasteiger partial charge < -0.3 is 19.5 Å². The van der Waals surface area contributed by atoms with Crippen LogP contribution in [0.15, 0.2) is 59.5 Å². The Bertz CT molecular complexity index is 1230. The lowest BCUT2D eigenvalue weighted by molar-refractivity contribution is -0.140. The lowest BCUT2D eigenvalue weighted by Crippen LogP contribution is -2.28. The van der Waals surface area contributed by atoms with Gasteiger partial charge in [0.15, 0.2) is 0 Å². The monoisotopic (exact) mass is 463 g/mol. The number of carbonyl (C=O) groups excluding carboxylic acids is 2. The fourth-order valence-corrected chi connectivity index (χ4v) is 5.00. The van der Waals surface area contributed by atoms with Crippen molar-refractivity contribution in [2.45, 2.75) is 26.4 Å². The molecule has 0 radical (unpaired) electrons. The molecule has 1 unspecified atom stereocenters. The van der Waals surface area contributed by atoms with Crippen molar-refractivity contribution in [3.8, 4) is 11.5 Å². The summed E-state index contributed by atoms with van der Waals surface area (Å²) < 4.78 is 10.8. The third-order valence-electron chi connectivity index (χ3n) is 5.76. The summed E-state index contributed by atoms with van der Waals surface area (Å²) in [6.45, 7) is 4.04. The van der Waals surface area contributed by atoms with E-state index in [2.05, 4.69) is 0 Å². The second kappa shape index (κ2) is 9.11. The zero-order valence-corrected chi connectivity index (χ0v) is 19.7. The maximum atomic E-state index is 13.3. The average Bonchev–Trinajstić information content (AvgIpc) is 3.40. The fraction of sp³-hybridized carbons (Fsp3) is 0.231. The van der Waals surface area contributed by atoms with E-state index in [9.17, 15) is 14.7 Å². The summed E-state index contributed by atoms with van der Waals surface area (Å²) in [5.41, 5.74) is 2.88. The summed E-state index contributed by atoms with van der Waals surface area (Å²) in [5.74, 6) is -0.479. The lowest BCUT2D eigenvalue weighted by atomic mass is 9.93. The van der Waals surface area contributed by atoms with E-state index < -0.39 is 17.7 Å². The predicted molar refractivity (Wildman–Crippen MR) is 128 cm³/mol. The highest BCUT2D eigenvalue weighted by Gasteiger charge is 2.46. The van der Waals surface area contributed by atoms with Gasteiger partial charge in [-0.05, 0) is 60.2 Å². The van der Waals surface area contributed by atoms with Crippen molar-refractivity contribution in [1.82, 2.24) is 4.90 Å². The summed E-state index contributed by atoms with van der Waals surface area (Å²) in [4.78, 5) is 28.9. The number of Topliss-reactive ketones (excluding diaryl/α,β-unsaturated/α-hetero) is 1. The van der Waals surface area contributed by atoms with Crippen molar-refractivity contribution in [2.75, 3.05) is 14.2 Å². The SMILES string of the molecule is COc1ccc(C2/C(=C(\O)c3cc(C)cc(C)c3OC)C(=O)C(=O)N2Cc2cccs2)cc1. The molecule has 0 spiro atoms. The van der Waals surface area contributed by atoms with Crippen LogP contribution in [0.5, 0.6) is 11.5 Å². The van der Waals surface area contributed by atoms with Crippen LogP contribution in [0, 0.1) is 13.8 Å². The first-order chi connectivity index (χ1) is 15.8. The van der Waals surface area contributed by atoms with Crippen molar-refractivity contribution in [3.05, 3.63) is 86.6 Å². The Hall–Kier alpha value is -3.58. The van der Waals surface area contributed by atoms with Crippen LogP contribution in [0.1, 0.15) is 33.2 Å². The summed E-state index contributed by atoms with van der Waals surface area (Å²) in [5, 5.41) is 13.3. The van der Waals surface area contributed by atoms with Crippen LogP contribution in [0.3, 0.4) is 0 Å². The number of hydrogen-bond donors (Lipinski definition) is 1. The molecule has 1 fully saturated rings. The van der Waals surface area contributed by atoms with E-state index in [-0.39, 0.29) is 17.9 Å². The molecule has 1 atom stereocenters. The molecule has 1 aliphatic rings. The molecule has 0 aliphatic carbocycles. The molecule has 7 heteroatoms. The van der Waals surface area contributed by atoms with E-state index in [4.69, 9.17) is 9.47 Å². The second-order valence-electron chi connectivity index (χ2n) is 7.94. The number of methoxy groups -OCH3 is 2. The number of aryl methyl sites for hydroxylation is 2. The lowest BCUT2D eigenvalue weighted by Gasteiger charge is -2.25. The van der Waals surface area contributed by atoms with Gasteiger partial charge in [0.25, 0.3) is 11.7 Å². The Morgan fingerprint density at radius 1 is 1.06 bits per heavy atom. The highest BCUT2D eigenvalue weighted by atomic mass is 32.1. The number of ketones is 1. The molecule has 33 heavy (non-hydrogen) atoms. The molecule has 3 aromatic rings. The second-order valence-corrected chi connectivity index (χ2v) is 8.97. The van der Waals surface area contributed by atoms with Crippen LogP contribution in [0.2, 0.25) is 0 Å². The van der Waals surface area contributed by atoms with Crippen molar-refractivity contribution >= 4 is 28.8 Å². The van der Waals surface area contributed by atoms with Crippen LogP contribution in [0.25, 0.3) is 5.76 Å². The van der Waals surface area contributed by atoms with E-state index in [0.29, 0.717) is 22.6 Å². The minimum Gasteiger partial charge on any atom is -0.507 e. The van der Waals surface area contributed by atoms with Gasteiger partial charge in [-0.15, -0.1) is 11.3 Å². The van der Waals surface area contributed by atoms with Crippen LogP contribution >= 0.6 is 11.3 Å². The predicted octanol–water partition coefficient (Wildman–Crippen LogP) is 5.00. The number of hydrogen-bond acceptors (Lipinski definition) is 6. The Kier molecular flexibility index (Phi) is 6.24. The Labute approximate surface area is 196 Å². The smallest absolute Gasteiger partial charge is 0.295 e. The molecular weight excluding hydrogens is 438 g/mol. The van der Waals surface area contributed by atoms with Crippen LogP contribution in [0.4, 0.5) is 0 Å². The number of carbonyl (C=O) groups is 2. The summed E-state index contributed by atoms with van der Waals surface area (Å²) >= 11 is 1.51. The number of rotatable bonds is 6. The van der Waals surface area contributed by atoms with Gasteiger partial charge in [0, 0.05) is 4.88 Å². The van der Waals surface area contributed by atoms with Gasteiger partial charge >= 0.3 is 0 Å². The largest absolute Gasteiger partial charge is 0.507 e. The first kappa shape index (κ1) is 22.6. The van der Waals surface area contributed by atoms with Crippen molar-refractivity contribution < 1.29 is 24.2 Å². The summed E-state index contributed by atoms with van der Waals surface area (Å²) in [7, 11) is 3.09. The first-order valence-corrected chi connectivity index (χ1v) is 11.3. The van der Waals surface area contributed by atoms with Crippen molar-refractivity contribution in [1.29, 1.82) is 0 Å². The summed E-state index contributed by atoms with van der Waals surface area (Å²) in [6.07, 6.45) is 0. The minimum atomic E-state index is -0.747. The minimum absolute atomic E-state index is 0.0463. The molecule has 2 heterocycles. The molecule has 2 aromatic carbocycles. The van der Waals surface area contributed by atoms with Crippen molar-refractivity contribution in [2.24, 2.45) is 0 Å². The number of likely N-dealkylation sites (tertiary alicyclic amines) is 1. The standard InChI is InChI=1S/C26H25NO5S/c1-15-12-16(2)25(32-4)20(13-15)23(28)21-22(17-7-9-18(31-3)10-8-17)27(26(30)24(21)29)14-19-6-5-11-33-19/h5-13,22,28H,14H2,1-4H3/b23-21+. The highest BCUT2D eigenvalue weighted by molar-refractivity contribution is 7.09. The van der Waals surface area contributed by atoms with Crippen molar-refractivity contribution in [3.63, 3.8) is 0 Å². The summed E-state index contributed by atoms with van der Waals surface area (Å²) in [6, 6.07) is 13.9. The van der Waals surface area contributed by atoms with E-state index in [1.807, 2.05) is 49.6 Å². The molecule has 1 saturated heterocycles. The maximum Gasteiger partial charge on any atom is 0.295 e. The Balaban J connectivity index is 1.92. The highest BCUT2D eigenvalue weighted by Crippen LogP contribution is 2.43. The van der Waals surface area contributed by atoms with Gasteiger partial charge in [0.05, 0.1) is 37.9 Å². The molecule has 0 saturated carbocycles. The Morgan fingerprint density at radius 2 is 1.79 bits per heavy atom. The number of benzene rings is 2. The molecule has 1 amide bonds. The average molecular weight is 464 g/mol. The van der Waals surface area contributed by atoms with Crippen LogP contribution in [-0.4, -0.2) is 35.9 Å². The topological polar surface area (TPSA) is 76.1 Å².